The maximum Gasteiger partial charge on any atom is 0 e. The van der Waals surface area contributed by atoms with Crippen LogP contribution in [-0.2, 0) is 66.9 Å². The molecule has 1 radical (unpaired) electrons. The predicted molar refractivity (Wildman–Crippen MR) is 124 cm³/mol. The van der Waals surface area contributed by atoms with Crippen LogP contribution in [0.25, 0.3) is 0 Å². The minimum absolute atomic E-state index is 0. The van der Waals surface area contributed by atoms with Gasteiger partial charge in [0.1, 0.15) is 18.1 Å². The van der Waals surface area contributed by atoms with Gasteiger partial charge in [-0.05, 0) is 25.8 Å². The number of H-pyrrole nitrogens is 1. The van der Waals surface area contributed by atoms with E-state index in [1.54, 1.807) is 6.20 Å². The number of rotatable bonds is 9. The molecule has 1 aliphatic rings. The molecule has 3 unspecified atom stereocenters. The van der Waals surface area contributed by atoms with Gasteiger partial charge in [-0.3, -0.25) is 24.0 Å². The molecule has 1 aromatic rings. The second kappa shape index (κ2) is 27.8. The molecular weight excluding hydrogens is 621 g/mol. The standard InChI is InChI=1S/C6H9N3O2.C5H9NO4.C5H9NO2.C2H5NO2.Ca.Mn.Zn.2H/c7-5(6(10)11)1-4-2-8-3-9-4;6-3(5(9)10)1-2-4(7)8;7-5(8)4-2-1-3-6-4;3-1-2(4)5;;;;;/h2-3,5H,1,7H2,(H,8,9)(H,10,11);3H,1-2,6H2,(H,7,8)(H,9,10);4,6H,1-3H2,(H,7,8);1,3H2,(H,4,5);;;;;. The van der Waals surface area contributed by atoms with Crippen LogP contribution in [0, 0.1) is 0 Å². The molecule has 37 heavy (non-hydrogen) atoms. The van der Waals surface area contributed by atoms with Gasteiger partial charge in [0.2, 0.25) is 0 Å². The Morgan fingerprint density at radius 2 is 1.51 bits per heavy atom. The number of hydrogen-bond donors (Lipinski definition) is 10. The third-order valence-corrected chi connectivity index (χ3v) is 3.82. The van der Waals surface area contributed by atoms with Crippen molar-refractivity contribution in [3.05, 3.63) is 18.2 Å². The second-order valence-electron chi connectivity index (χ2n) is 6.67. The van der Waals surface area contributed by atoms with Crippen molar-refractivity contribution in [3.8, 4) is 0 Å². The van der Waals surface area contributed by atoms with Gasteiger partial charge in [0.15, 0.2) is 0 Å². The van der Waals surface area contributed by atoms with Crippen LogP contribution in [0.4, 0.5) is 0 Å². The summed E-state index contributed by atoms with van der Waals surface area (Å²) in [6.07, 6.45) is 4.94. The van der Waals surface area contributed by atoms with Crippen molar-refractivity contribution in [2.24, 2.45) is 17.2 Å². The van der Waals surface area contributed by atoms with E-state index < -0.39 is 41.9 Å². The van der Waals surface area contributed by atoms with E-state index in [9.17, 15) is 24.0 Å². The van der Waals surface area contributed by atoms with Crippen LogP contribution in [0.2, 0.25) is 0 Å². The van der Waals surface area contributed by atoms with Gasteiger partial charge in [0.05, 0.1) is 18.6 Å². The molecule has 207 valence electrons. The quantitative estimate of drug-likeness (QED) is 0.116. The first-order chi connectivity index (χ1) is 15.8. The normalized spacial score (nSPS) is 14.3. The van der Waals surface area contributed by atoms with Gasteiger partial charge in [-0.15, -0.1) is 0 Å². The molecule has 0 aromatic carbocycles. The number of nitrogens with two attached hydrogens (primary N) is 3. The van der Waals surface area contributed by atoms with E-state index in [1.165, 1.54) is 6.33 Å². The van der Waals surface area contributed by atoms with Crippen molar-refractivity contribution in [1.29, 1.82) is 0 Å². The van der Waals surface area contributed by atoms with E-state index in [0.717, 1.165) is 19.4 Å². The number of carboxylic acid groups (broad SMARTS) is 5. The van der Waals surface area contributed by atoms with E-state index in [0.29, 0.717) is 5.69 Å². The Bertz CT molecular complexity index is 772. The average molecular weight is 655 g/mol. The Morgan fingerprint density at radius 3 is 1.78 bits per heavy atom. The monoisotopic (exact) mass is 653 g/mol. The smallest absolute Gasteiger partial charge is 0 e. The summed E-state index contributed by atoms with van der Waals surface area (Å²) in [7, 11) is 0. The summed E-state index contributed by atoms with van der Waals surface area (Å²) in [4.78, 5) is 56.1. The van der Waals surface area contributed by atoms with Crippen LogP contribution in [0.5, 0.6) is 0 Å². The summed E-state index contributed by atoms with van der Waals surface area (Å²) < 4.78 is 0. The molecule has 1 aromatic heterocycles. The van der Waals surface area contributed by atoms with Gasteiger partial charge >= 0.3 is 67.6 Å². The third kappa shape index (κ3) is 29.2. The molecule has 1 saturated heterocycles. The number of nitrogens with one attached hydrogen (secondary N) is 2. The average Bonchev–Trinajstić information content (AvgIpc) is 3.47. The van der Waals surface area contributed by atoms with E-state index in [2.05, 4.69) is 21.0 Å². The first kappa shape index (κ1) is 45.7. The fraction of sp³-hybridized carbons (Fsp3) is 0.556. The summed E-state index contributed by atoms with van der Waals surface area (Å²) in [5.74, 6) is -4.89. The SMILES string of the molecule is NC(CCC(=O)O)C(=O)O.NC(Cc1c[nH]cn1)C(=O)O.NCC(=O)O.O=C(O)C1CCCN1.[CaH2].[Mn].[Zn]. The van der Waals surface area contributed by atoms with Crippen LogP contribution in [0.15, 0.2) is 12.5 Å². The topological polar surface area (TPSA) is 305 Å². The number of carboxylic acids is 5. The number of hydrogen-bond acceptors (Lipinski definition) is 10. The first-order valence-corrected chi connectivity index (χ1v) is 9.86. The Hall–Kier alpha value is -1.20. The molecule has 1 aliphatic heterocycles. The molecule has 1 fully saturated rings. The molecule has 0 aliphatic carbocycles. The van der Waals surface area contributed by atoms with E-state index >= 15 is 0 Å². The molecule has 3 atom stereocenters. The van der Waals surface area contributed by atoms with Crippen molar-refractivity contribution >= 4 is 67.6 Å². The summed E-state index contributed by atoms with van der Waals surface area (Å²) in [5.41, 5.74) is 15.5. The largest absolute Gasteiger partial charge is 0 e. The van der Waals surface area contributed by atoms with Gasteiger partial charge in [-0.1, -0.05) is 0 Å². The van der Waals surface area contributed by atoms with Gasteiger partial charge in [0.25, 0.3) is 0 Å². The zero-order valence-corrected chi connectivity index (χ0v) is 23.5. The number of aromatic nitrogens is 2. The van der Waals surface area contributed by atoms with Crippen LogP contribution >= 0.6 is 0 Å². The number of nitrogens with zero attached hydrogens (tertiary/aromatic N) is 1. The third-order valence-electron chi connectivity index (χ3n) is 3.82. The number of aromatic amines is 1. The molecule has 0 amide bonds. The summed E-state index contributed by atoms with van der Waals surface area (Å²) in [5, 5.41) is 43.5. The number of carbonyl (C=O) groups is 5. The fourth-order valence-electron chi connectivity index (χ4n) is 2.01. The molecule has 0 bridgehead atoms. The second-order valence-corrected chi connectivity index (χ2v) is 6.67. The van der Waals surface area contributed by atoms with E-state index in [1.807, 2.05) is 0 Å². The van der Waals surface area contributed by atoms with Crippen molar-refractivity contribution in [1.82, 2.24) is 15.3 Å². The Balaban J connectivity index is -0.000000123. The molecular formula is C18H34CaMnN6O10Zn. The Morgan fingerprint density at radius 1 is 1.00 bits per heavy atom. The van der Waals surface area contributed by atoms with Crippen molar-refractivity contribution in [2.75, 3.05) is 13.1 Å². The van der Waals surface area contributed by atoms with Crippen LogP contribution in [0.3, 0.4) is 0 Å². The molecule has 19 heteroatoms. The van der Waals surface area contributed by atoms with Gasteiger partial charge in [0, 0.05) is 55.6 Å². The van der Waals surface area contributed by atoms with E-state index in [-0.39, 0.29) is 106 Å². The molecule has 2 rings (SSSR count). The van der Waals surface area contributed by atoms with Crippen molar-refractivity contribution < 1.29 is 86.1 Å². The Labute approximate surface area is 265 Å². The van der Waals surface area contributed by atoms with Crippen molar-refractivity contribution in [3.63, 3.8) is 0 Å². The predicted octanol–water partition coefficient (Wildman–Crippen LogP) is -3.44. The van der Waals surface area contributed by atoms with Crippen LogP contribution in [-0.4, -0.2) is 134 Å². The number of aliphatic carboxylic acids is 5. The van der Waals surface area contributed by atoms with Gasteiger partial charge in [-0.25, -0.2) is 4.98 Å². The first-order valence-electron chi connectivity index (χ1n) is 9.86. The Kier molecular flexibility index (Phi) is 34.4. The molecule has 0 saturated carbocycles. The fourth-order valence-corrected chi connectivity index (χ4v) is 2.01. The van der Waals surface area contributed by atoms with Crippen LogP contribution < -0.4 is 22.5 Å². The zero-order chi connectivity index (χ0) is 26.7. The molecule has 2 heterocycles. The van der Waals surface area contributed by atoms with Crippen molar-refractivity contribution in [2.45, 2.75) is 50.2 Å². The minimum Gasteiger partial charge on any atom is 0 e. The van der Waals surface area contributed by atoms with E-state index in [4.69, 9.17) is 37.0 Å². The maximum atomic E-state index is 10.3. The maximum absolute atomic E-state index is 10.3. The summed E-state index contributed by atoms with van der Waals surface area (Å²) >= 11 is 0. The molecule has 16 nitrogen and oxygen atoms in total. The van der Waals surface area contributed by atoms with Gasteiger partial charge in [-0.2, -0.15) is 0 Å². The van der Waals surface area contributed by atoms with Gasteiger partial charge < -0.3 is 53.0 Å². The summed E-state index contributed by atoms with van der Waals surface area (Å²) in [6.45, 7) is 0.580. The van der Waals surface area contributed by atoms with Crippen LogP contribution in [0.1, 0.15) is 31.4 Å². The summed E-state index contributed by atoms with van der Waals surface area (Å²) in [6, 6.07) is -2.19. The molecule has 13 N–H and O–H groups in total. The molecule has 0 spiro atoms. The minimum atomic E-state index is -1.17. The number of imidazole rings is 1. The zero-order valence-electron chi connectivity index (χ0n) is 19.4.